The maximum atomic E-state index is 10.7. The number of H-pyrrole nitrogens is 1. The summed E-state index contributed by atoms with van der Waals surface area (Å²) in [6, 6.07) is 0. The van der Waals surface area contributed by atoms with E-state index in [1.165, 1.54) is 25.2 Å². The van der Waals surface area contributed by atoms with Crippen LogP contribution in [0.1, 0.15) is 6.42 Å². The monoisotopic (exact) mass is 187 g/mol. The minimum Gasteiger partial charge on any atom is -0.469 e. The second kappa shape index (κ2) is 4.76. The average molecular weight is 187 g/mol. The predicted molar refractivity (Wildman–Crippen MR) is 43.7 cm³/mol. The first-order valence-electron chi connectivity index (χ1n) is 3.38. The predicted octanol–water partition coefficient (Wildman–Crippen LogP) is 0.460. The lowest BCUT2D eigenvalue weighted by Crippen LogP contribution is -2.01. The highest BCUT2D eigenvalue weighted by molar-refractivity contribution is 7.99. The first-order chi connectivity index (χ1) is 5.83. The highest BCUT2D eigenvalue weighted by Gasteiger charge is 2.01. The van der Waals surface area contributed by atoms with E-state index in [0.29, 0.717) is 12.2 Å². The Hall–Kier alpha value is -1.04. The van der Waals surface area contributed by atoms with E-state index in [4.69, 9.17) is 0 Å². The van der Waals surface area contributed by atoms with E-state index >= 15 is 0 Å². The number of aromatic amines is 1. The second-order valence-electron chi connectivity index (χ2n) is 1.97. The third kappa shape index (κ3) is 2.91. The zero-order valence-corrected chi connectivity index (χ0v) is 7.43. The minimum atomic E-state index is -0.206. The van der Waals surface area contributed by atoms with E-state index < -0.39 is 0 Å². The zero-order valence-electron chi connectivity index (χ0n) is 6.61. The maximum Gasteiger partial charge on any atom is 0.306 e. The van der Waals surface area contributed by atoms with Gasteiger partial charge in [-0.3, -0.25) is 9.89 Å². The van der Waals surface area contributed by atoms with Crippen LogP contribution in [0.2, 0.25) is 0 Å². The lowest BCUT2D eigenvalue weighted by atomic mass is 10.5. The van der Waals surface area contributed by atoms with Crippen molar-refractivity contribution >= 4 is 17.7 Å². The number of hydrogen-bond acceptors (Lipinski definition) is 5. The van der Waals surface area contributed by atoms with E-state index in [9.17, 15) is 4.79 Å². The Labute approximate surface area is 73.9 Å². The molecule has 0 unspecified atom stereocenters. The molecule has 1 aromatic heterocycles. The van der Waals surface area contributed by atoms with Crippen molar-refractivity contribution in [3.8, 4) is 0 Å². The van der Waals surface area contributed by atoms with Gasteiger partial charge in [-0.25, -0.2) is 4.98 Å². The molecule has 1 aromatic rings. The summed E-state index contributed by atoms with van der Waals surface area (Å²) in [5.41, 5.74) is 0. The summed E-state index contributed by atoms with van der Waals surface area (Å²) in [5, 5.41) is 7.07. The number of nitrogens with one attached hydrogen (secondary N) is 1. The smallest absolute Gasteiger partial charge is 0.306 e. The Morgan fingerprint density at radius 3 is 3.25 bits per heavy atom. The van der Waals surface area contributed by atoms with Crippen molar-refractivity contribution in [1.29, 1.82) is 0 Å². The summed E-state index contributed by atoms with van der Waals surface area (Å²) in [7, 11) is 1.38. The molecule has 0 saturated carbocycles. The molecule has 0 aliphatic rings. The lowest BCUT2D eigenvalue weighted by molar-refractivity contribution is -0.140. The van der Waals surface area contributed by atoms with Crippen LogP contribution in [0.25, 0.3) is 0 Å². The van der Waals surface area contributed by atoms with Crippen LogP contribution >= 0.6 is 11.8 Å². The molecule has 0 fully saturated rings. The van der Waals surface area contributed by atoms with Crippen molar-refractivity contribution in [2.24, 2.45) is 0 Å². The number of hydrogen-bond donors (Lipinski definition) is 1. The van der Waals surface area contributed by atoms with Crippen molar-refractivity contribution in [3.63, 3.8) is 0 Å². The Kier molecular flexibility index (Phi) is 3.59. The molecule has 0 bridgehead atoms. The largest absolute Gasteiger partial charge is 0.469 e. The van der Waals surface area contributed by atoms with Gasteiger partial charge in [-0.15, -0.1) is 0 Å². The Morgan fingerprint density at radius 2 is 2.67 bits per heavy atom. The molecule has 66 valence electrons. The van der Waals surface area contributed by atoms with Crippen LogP contribution in [-0.4, -0.2) is 34.0 Å². The third-order valence-corrected chi connectivity index (χ3v) is 2.04. The number of thioether (sulfide) groups is 1. The minimum absolute atomic E-state index is 0.206. The van der Waals surface area contributed by atoms with Crippen molar-refractivity contribution in [2.75, 3.05) is 12.9 Å². The summed E-state index contributed by atoms with van der Waals surface area (Å²) in [6.45, 7) is 0. The van der Waals surface area contributed by atoms with Crippen molar-refractivity contribution in [1.82, 2.24) is 15.2 Å². The Bertz CT molecular complexity index is 237. The summed E-state index contributed by atoms with van der Waals surface area (Å²) in [4.78, 5) is 14.5. The second-order valence-corrected chi connectivity index (χ2v) is 3.05. The van der Waals surface area contributed by atoms with Crippen LogP contribution in [0.3, 0.4) is 0 Å². The topological polar surface area (TPSA) is 67.9 Å². The standard InChI is InChI=1S/C6H9N3O2S/c1-11-5(10)2-3-12-6-7-4-8-9-6/h4H,2-3H2,1H3,(H,7,8,9). The molecule has 1 heterocycles. The lowest BCUT2D eigenvalue weighted by Gasteiger charge is -1.96. The molecule has 0 radical (unpaired) electrons. The highest BCUT2D eigenvalue weighted by Crippen LogP contribution is 2.11. The fourth-order valence-electron chi connectivity index (χ4n) is 0.597. The zero-order chi connectivity index (χ0) is 8.81. The molecule has 0 aliphatic heterocycles. The molecule has 6 heteroatoms. The molecule has 0 spiro atoms. The number of nitrogens with zero attached hydrogens (tertiary/aromatic N) is 2. The van der Waals surface area contributed by atoms with Gasteiger partial charge in [-0.1, -0.05) is 11.8 Å². The van der Waals surface area contributed by atoms with E-state index in [1.54, 1.807) is 0 Å². The fraction of sp³-hybridized carbons (Fsp3) is 0.500. The fourth-order valence-corrected chi connectivity index (χ4v) is 1.30. The Morgan fingerprint density at radius 1 is 1.83 bits per heavy atom. The summed E-state index contributed by atoms with van der Waals surface area (Å²) in [6.07, 6.45) is 1.82. The molecule has 0 atom stereocenters. The number of carbonyl (C=O) groups excluding carboxylic acids is 1. The molecule has 0 aliphatic carbocycles. The van der Waals surface area contributed by atoms with Crippen LogP contribution in [-0.2, 0) is 9.53 Å². The highest BCUT2D eigenvalue weighted by atomic mass is 32.2. The van der Waals surface area contributed by atoms with Gasteiger partial charge in [-0.2, -0.15) is 5.10 Å². The number of methoxy groups -OCH3 is 1. The van der Waals surface area contributed by atoms with Crippen LogP contribution in [0, 0.1) is 0 Å². The molecule has 0 amide bonds. The van der Waals surface area contributed by atoms with Crippen molar-refractivity contribution in [3.05, 3.63) is 6.33 Å². The molecule has 5 nitrogen and oxygen atoms in total. The van der Waals surface area contributed by atoms with E-state index in [1.807, 2.05) is 0 Å². The van der Waals surface area contributed by atoms with E-state index in [0.717, 1.165) is 5.16 Å². The molecule has 1 rings (SSSR count). The van der Waals surface area contributed by atoms with Gasteiger partial charge in [0.15, 0.2) is 5.16 Å². The van der Waals surface area contributed by atoms with Crippen molar-refractivity contribution < 1.29 is 9.53 Å². The SMILES string of the molecule is COC(=O)CCSc1ncn[nH]1. The quantitative estimate of drug-likeness (QED) is 0.548. The maximum absolute atomic E-state index is 10.7. The molecule has 0 saturated heterocycles. The average Bonchev–Trinajstić information content (AvgIpc) is 2.57. The first-order valence-corrected chi connectivity index (χ1v) is 4.36. The van der Waals surface area contributed by atoms with Gasteiger partial charge in [0.05, 0.1) is 13.5 Å². The van der Waals surface area contributed by atoms with Crippen LogP contribution < -0.4 is 0 Å². The number of carbonyl (C=O) groups is 1. The number of aromatic nitrogens is 3. The number of rotatable bonds is 4. The van der Waals surface area contributed by atoms with E-state index in [2.05, 4.69) is 19.9 Å². The van der Waals surface area contributed by atoms with Gasteiger partial charge in [0.1, 0.15) is 6.33 Å². The van der Waals surface area contributed by atoms with E-state index in [-0.39, 0.29) is 5.97 Å². The number of esters is 1. The van der Waals surface area contributed by atoms with Gasteiger partial charge in [0.2, 0.25) is 0 Å². The van der Waals surface area contributed by atoms with Gasteiger partial charge in [0.25, 0.3) is 0 Å². The van der Waals surface area contributed by atoms with Gasteiger partial charge >= 0.3 is 5.97 Å². The normalized spacial score (nSPS) is 9.75. The molecule has 12 heavy (non-hydrogen) atoms. The molecule has 1 N–H and O–H groups in total. The molecule has 0 aromatic carbocycles. The number of ether oxygens (including phenoxy) is 1. The molecular weight excluding hydrogens is 178 g/mol. The van der Waals surface area contributed by atoms with Crippen molar-refractivity contribution in [2.45, 2.75) is 11.6 Å². The summed E-state index contributed by atoms with van der Waals surface area (Å²) in [5.74, 6) is 0.448. The van der Waals surface area contributed by atoms with Gasteiger partial charge in [0, 0.05) is 5.75 Å². The third-order valence-electron chi connectivity index (χ3n) is 1.17. The van der Waals surface area contributed by atoms with Crippen LogP contribution in [0.5, 0.6) is 0 Å². The molecular formula is C6H9N3O2S. The van der Waals surface area contributed by atoms with Crippen LogP contribution in [0.4, 0.5) is 0 Å². The first kappa shape index (κ1) is 9.05. The van der Waals surface area contributed by atoms with Gasteiger partial charge < -0.3 is 4.74 Å². The summed E-state index contributed by atoms with van der Waals surface area (Å²) >= 11 is 1.44. The van der Waals surface area contributed by atoms with Gasteiger partial charge in [-0.05, 0) is 0 Å². The Balaban J connectivity index is 2.15. The summed E-state index contributed by atoms with van der Waals surface area (Å²) < 4.78 is 4.47. The van der Waals surface area contributed by atoms with Crippen LogP contribution in [0.15, 0.2) is 11.5 Å².